The van der Waals surface area contributed by atoms with Crippen LogP contribution in [-0.4, -0.2) is 19.7 Å². The van der Waals surface area contributed by atoms with E-state index in [-0.39, 0.29) is 5.69 Å². The predicted molar refractivity (Wildman–Crippen MR) is 73.5 cm³/mol. The van der Waals surface area contributed by atoms with Gasteiger partial charge in [0.1, 0.15) is 10.7 Å². The largest absolute Gasteiger partial charge is 0.358 e. The molecule has 0 radical (unpaired) electrons. The Kier molecular flexibility index (Phi) is 3.79. The number of aromatic nitrogens is 3. The molecule has 8 heteroatoms. The normalized spacial score (nSPS) is 10.7. The summed E-state index contributed by atoms with van der Waals surface area (Å²) >= 11 is 1.53. The molecule has 19 heavy (non-hydrogen) atoms. The van der Waals surface area contributed by atoms with Gasteiger partial charge < -0.3 is 5.32 Å². The van der Waals surface area contributed by atoms with Crippen molar-refractivity contribution in [3.05, 3.63) is 31.9 Å². The summed E-state index contributed by atoms with van der Waals surface area (Å²) < 4.78 is 1.61. The maximum Gasteiger partial charge on any atom is 0.333 e. The molecule has 0 fully saturated rings. The van der Waals surface area contributed by atoms with Gasteiger partial charge in [0.25, 0.3) is 0 Å². The molecule has 0 unspecified atom stereocenters. The highest BCUT2D eigenvalue weighted by Crippen LogP contribution is 2.28. The molecule has 7 nitrogen and oxygen atoms in total. The number of thiazole rings is 1. The third kappa shape index (κ3) is 2.73. The number of nitrogens with zero attached hydrogens (tertiary/aromatic N) is 4. The molecule has 2 heterocycles. The monoisotopic (exact) mass is 281 g/mol. The summed E-state index contributed by atoms with van der Waals surface area (Å²) in [4.78, 5) is 15.0. The fraction of sp³-hybridized carbons (Fsp3) is 0.455. The van der Waals surface area contributed by atoms with Gasteiger partial charge in [0.05, 0.1) is 11.5 Å². The number of nitrogens with one attached hydrogen (secondary N) is 1. The number of anilines is 1. The van der Waals surface area contributed by atoms with Gasteiger partial charge in [0.2, 0.25) is 5.82 Å². The molecular formula is C11H15N5O2S. The van der Waals surface area contributed by atoms with E-state index in [0.717, 1.165) is 10.7 Å². The minimum absolute atomic E-state index is 0.0372. The van der Waals surface area contributed by atoms with Crippen LogP contribution in [0.3, 0.4) is 0 Å². The first kappa shape index (κ1) is 13.5. The zero-order valence-corrected chi connectivity index (χ0v) is 11.8. The van der Waals surface area contributed by atoms with E-state index in [0.29, 0.717) is 24.6 Å². The smallest absolute Gasteiger partial charge is 0.333 e. The number of aryl methyl sites for hydroxylation is 3. The Labute approximate surface area is 114 Å². The fourth-order valence-electron chi connectivity index (χ4n) is 1.84. The second kappa shape index (κ2) is 5.35. The molecule has 2 rings (SSSR count). The molecule has 0 aromatic carbocycles. The number of hydrogen-bond acceptors (Lipinski definition) is 6. The second-order valence-corrected chi connectivity index (χ2v) is 5.03. The Balaban J connectivity index is 2.25. The lowest BCUT2D eigenvalue weighted by atomic mass is 10.4. The molecule has 0 atom stereocenters. The first-order valence-corrected chi connectivity index (χ1v) is 6.77. The summed E-state index contributed by atoms with van der Waals surface area (Å²) in [5.41, 5.74) is 1.41. The van der Waals surface area contributed by atoms with Gasteiger partial charge in [-0.1, -0.05) is 0 Å². The third-order valence-corrected chi connectivity index (χ3v) is 3.62. The van der Waals surface area contributed by atoms with Crippen LogP contribution in [0.2, 0.25) is 0 Å². The van der Waals surface area contributed by atoms with Gasteiger partial charge in [0, 0.05) is 17.6 Å². The number of hydrogen-bond donors (Lipinski definition) is 1. The lowest BCUT2D eigenvalue weighted by Crippen LogP contribution is -2.08. The van der Waals surface area contributed by atoms with Crippen molar-refractivity contribution in [2.45, 2.75) is 33.9 Å². The minimum atomic E-state index is -0.399. The summed E-state index contributed by atoms with van der Waals surface area (Å²) in [7, 11) is 0. The van der Waals surface area contributed by atoms with Crippen LogP contribution in [0.5, 0.6) is 0 Å². The van der Waals surface area contributed by atoms with Crippen LogP contribution in [0.4, 0.5) is 11.5 Å². The molecule has 0 bridgehead atoms. The predicted octanol–water partition coefficient (Wildman–Crippen LogP) is 2.50. The van der Waals surface area contributed by atoms with Crippen LogP contribution >= 0.6 is 11.3 Å². The van der Waals surface area contributed by atoms with Crippen molar-refractivity contribution >= 4 is 22.8 Å². The molecule has 0 saturated carbocycles. The average molecular weight is 281 g/mol. The molecule has 0 amide bonds. The van der Waals surface area contributed by atoms with E-state index in [1.54, 1.807) is 11.6 Å². The summed E-state index contributed by atoms with van der Waals surface area (Å²) in [6.45, 7) is 6.50. The Morgan fingerprint density at radius 2 is 2.26 bits per heavy atom. The van der Waals surface area contributed by atoms with Gasteiger partial charge in [0.15, 0.2) is 0 Å². The van der Waals surface area contributed by atoms with Crippen LogP contribution in [0.25, 0.3) is 0 Å². The van der Waals surface area contributed by atoms with E-state index >= 15 is 0 Å². The van der Waals surface area contributed by atoms with Gasteiger partial charge in [-0.3, -0.25) is 10.1 Å². The molecule has 0 aliphatic carbocycles. The quantitative estimate of drug-likeness (QED) is 0.672. The maximum atomic E-state index is 11.1. The van der Waals surface area contributed by atoms with E-state index < -0.39 is 4.92 Å². The van der Waals surface area contributed by atoms with Crippen molar-refractivity contribution < 1.29 is 4.92 Å². The second-order valence-electron chi connectivity index (χ2n) is 4.09. The molecule has 102 valence electrons. The topological polar surface area (TPSA) is 85.9 Å². The van der Waals surface area contributed by atoms with Gasteiger partial charge in [-0.15, -0.1) is 11.3 Å². The minimum Gasteiger partial charge on any atom is -0.358 e. The summed E-state index contributed by atoms with van der Waals surface area (Å²) in [5.74, 6) is 0.442. The van der Waals surface area contributed by atoms with Crippen molar-refractivity contribution in [1.82, 2.24) is 14.8 Å². The first-order chi connectivity index (χ1) is 9.02. The first-order valence-electron chi connectivity index (χ1n) is 5.89. The standard InChI is InChI=1S/C11H15N5O2S/c1-4-15-11(10(16(17)18)8(3)14-15)12-5-9-13-7(2)6-19-9/h6,12H,4-5H2,1-3H3. The van der Waals surface area contributed by atoms with Crippen molar-refractivity contribution in [2.75, 3.05) is 5.32 Å². The molecule has 0 spiro atoms. The summed E-state index contributed by atoms with van der Waals surface area (Å²) in [6, 6.07) is 0. The molecule has 0 aliphatic rings. The molecule has 0 aliphatic heterocycles. The van der Waals surface area contributed by atoms with Crippen LogP contribution in [0.1, 0.15) is 23.3 Å². The zero-order chi connectivity index (χ0) is 14.0. The van der Waals surface area contributed by atoms with Gasteiger partial charge in [-0.2, -0.15) is 5.10 Å². The van der Waals surface area contributed by atoms with Crippen LogP contribution in [-0.2, 0) is 13.1 Å². The fourth-order valence-corrected chi connectivity index (χ4v) is 2.55. The molecular weight excluding hydrogens is 266 g/mol. The SMILES string of the molecule is CCn1nc(C)c([N+](=O)[O-])c1NCc1nc(C)cs1. The van der Waals surface area contributed by atoms with Crippen LogP contribution in [0.15, 0.2) is 5.38 Å². The van der Waals surface area contributed by atoms with Gasteiger partial charge >= 0.3 is 5.69 Å². The molecule has 1 N–H and O–H groups in total. The lowest BCUT2D eigenvalue weighted by molar-refractivity contribution is -0.384. The highest BCUT2D eigenvalue weighted by Gasteiger charge is 2.24. The number of rotatable bonds is 5. The van der Waals surface area contributed by atoms with Crippen molar-refractivity contribution in [3.8, 4) is 0 Å². The van der Waals surface area contributed by atoms with Crippen LogP contribution < -0.4 is 5.32 Å². The van der Waals surface area contributed by atoms with Crippen molar-refractivity contribution in [1.29, 1.82) is 0 Å². The van der Waals surface area contributed by atoms with Crippen molar-refractivity contribution in [2.24, 2.45) is 0 Å². The summed E-state index contributed by atoms with van der Waals surface area (Å²) in [6.07, 6.45) is 0. The van der Waals surface area contributed by atoms with Crippen LogP contribution in [0, 0.1) is 24.0 Å². The Hall–Kier alpha value is -1.96. The zero-order valence-electron chi connectivity index (χ0n) is 11.0. The van der Waals surface area contributed by atoms with E-state index in [1.807, 2.05) is 19.2 Å². The Bertz CT molecular complexity index is 604. The van der Waals surface area contributed by atoms with E-state index in [2.05, 4.69) is 15.4 Å². The van der Waals surface area contributed by atoms with E-state index in [4.69, 9.17) is 0 Å². The lowest BCUT2D eigenvalue weighted by Gasteiger charge is -2.05. The summed E-state index contributed by atoms with van der Waals surface area (Å²) in [5, 5.41) is 21.2. The van der Waals surface area contributed by atoms with E-state index in [9.17, 15) is 10.1 Å². The third-order valence-electron chi connectivity index (χ3n) is 2.65. The molecule has 2 aromatic rings. The van der Waals surface area contributed by atoms with Gasteiger partial charge in [-0.25, -0.2) is 9.67 Å². The number of nitro groups is 1. The molecule has 2 aromatic heterocycles. The molecule has 0 saturated heterocycles. The highest BCUT2D eigenvalue weighted by atomic mass is 32.1. The van der Waals surface area contributed by atoms with Gasteiger partial charge in [-0.05, 0) is 20.8 Å². The maximum absolute atomic E-state index is 11.1. The Morgan fingerprint density at radius 3 is 2.79 bits per heavy atom. The average Bonchev–Trinajstić information content (AvgIpc) is 2.89. The van der Waals surface area contributed by atoms with Crippen molar-refractivity contribution in [3.63, 3.8) is 0 Å². The highest BCUT2D eigenvalue weighted by molar-refractivity contribution is 7.09. The Morgan fingerprint density at radius 1 is 1.53 bits per heavy atom. The van der Waals surface area contributed by atoms with E-state index in [1.165, 1.54) is 11.3 Å².